The van der Waals surface area contributed by atoms with Gasteiger partial charge in [0.2, 0.25) is 5.91 Å². The largest absolute Gasteiger partial charge is 0.349 e. The Morgan fingerprint density at radius 3 is 2.76 bits per heavy atom. The van der Waals surface area contributed by atoms with E-state index in [1.165, 1.54) is 36.1 Å². The average molecular weight is 306 g/mol. The number of thiophene rings is 1. The molecule has 0 aromatic carbocycles. The van der Waals surface area contributed by atoms with Crippen LogP contribution in [0.5, 0.6) is 0 Å². The van der Waals surface area contributed by atoms with Gasteiger partial charge in [0.1, 0.15) is 0 Å². The van der Waals surface area contributed by atoms with E-state index in [9.17, 15) is 4.79 Å². The van der Waals surface area contributed by atoms with Crippen molar-refractivity contribution < 1.29 is 4.79 Å². The Morgan fingerprint density at radius 1 is 1.29 bits per heavy atom. The molecule has 0 bridgehead atoms. The summed E-state index contributed by atoms with van der Waals surface area (Å²) in [6.45, 7) is 0.488. The van der Waals surface area contributed by atoms with E-state index in [0.29, 0.717) is 6.54 Å². The lowest BCUT2D eigenvalue weighted by atomic mass is 9.79. The van der Waals surface area contributed by atoms with Gasteiger partial charge >= 0.3 is 0 Å². The quantitative estimate of drug-likeness (QED) is 0.839. The molecule has 1 fully saturated rings. The van der Waals surface area contributed by atoms with Crippen LogP contribution in [0.1, 0.15) is 67.8 Å². The summed E-state index contributed by atoms with van der Waals surface area (Å²) in [7, 11) is 0. The fourth-order valence-electron chi connectivity index (χ4n) is 3.88. The molecular weight excluding hydrogens is 280 g/mol. The number of nitrogens with two attached hydrogens (primary N) is 1. The molecule has 1 aromatic heterocycles. The lowest BCUT2D eigenvalue weighted by Crippen LogP contribution is -2.47. The van der Waals surface area contributed by atoms with E-state index in [4.69, 9.17) is 5.73 Å². The van der Waals surface area contributed by atoms with Gasteiger partial charge in [-0.25, -0.2) is 0 Å². The number of hydrogen-bond acceptors (Lipinski definition) is 3. The minimum Gasteiger partial charge on any atom is -0.349 e. The van der Waals surface area contributed by atoms with Crippen LogP contribution < -0.4 is 11.1 Å². The molecule has 21 heavy (non-hydrogen) atoms. The van der Waals surface area contributed by atoms with Crippen LogP contribution >= 0.6 is 11.3 Å². The Kier molecular flexibility index (Phi) is 4.65. The van der Waals surface area contributed by atoms with Crippen LogP contribution in [-0.4, -0.2) is 12.5 Å². The van der Waals surface area contributed by atoms with E-state index in [2.05, 4.69) is 16.8 Å². The highest BCUT2D eigenvalue weighted by atomic mass is 32.1. The van der Waals surface area contributed by atoms with Crippen molar-refractivity contribution in [1.82, 2.24) is 5.32 Å². The number of fused-ring (bicyclic) bond motifs is 1. The molecule has 3 N–H and O–H groups in total. The molecule has 1 atom stereocenters. The Bertz CT molecular complexity index is 489. The molecule has 0 spiro atoms. The van der Waals surface area contributed by atoms with E-state index in [1.54, 1.807) is 0 Å². The first-order valence-corrected chi connectivity index (χ1v) is 9.20. The highest BCUT2D eigenvalue weighted by molar-refractivity contribution is 7.10. The van der Waals surface area contributed by atoms with Crippen molar-refractivity contribution in [1.29, 1.82) is 0 Å². The molecule has 2 aliphatic rings. The SMILES string of the molecule is NCC1(C(=O)NC2CCCc3sccc32)CCCCCC1. The van der Waals surface area contributed by atoms with Gasteiger partial charge in [0.05, 0.1) is 11.5 Å². The van der Waals surface area contributed by atoms with Gasteiger partial charge in [-0.1, -0.05) is 25.7 Å². The first-order chi connectivity index (χ1) is 10.2. The normalized spacial score (nSPS) is 24.9. The van der Waals surface area contributed by atoms with Crippen molar-refractivity contribution in [2.24, 2.45) is 11.1 Å². The molecule has 0 saturated heterocycles. The van der Waals surface area contributed by atoms with Crippen molar-refractivity contribution in [2.75, 3.05) is 6.54 Å². The highest BCUT2D eigenvalue weighted by Gasteiger charge is 2.38. The highest BCUT2D eigenvalue weighted by Crippen LogP contribution is 2.37. The predicted molar refractivity (Wildman–Crippen MR) is 87.3 cm³/mol. The molecule has 0 radical (unpaired) electrons. The molecule has 1 aromatic rings. The van der Waals surface area contributed by atoms with Gasteiger partial charge in [-0.15, -0.1) is 11.3 Å². The fraction of sp³-hybridized carbons (Fsp3) is 0.706. The third-order valence-electron chi connectivity index (χ3n) is 5.29. The number of aryl methyl sites for hydroxylation is 1. The smallest absolute Gasteiger partial charge is 0.227 e. The van der Waals surface area contributed by atoms with Crippen LogP contribution in [0.3, 0.4) is 0 Å². The summed E-state index contributed by atoms with van der Waals surface area (Å²) in [6.07, 6.45) is 10.1. The lowest BCUT2D eigenvalue weighted by Gasteiger charge is -2.33. The molecule has 3 nitrogen and oxygen atoms in total. The monoisotopic (exact) mass is 306 g/mol. The zero-order chi connectivity index (χ0) is 14.7. The summed E-state index contributed by atoms with van der Waals surface area (Å²) < 4.78 is 0. The fourth-order valence-corrected chi connectivity index (χ4v) is 4.86. The van der Waals surface area contributed by atoms with E-state index in [0.717, 1.165) is 32.1 Å². The standard InChI is InChI=1S/C17H26N2OS/c18-12-17(9-3-1-2-4-10-17)16(20)19-14-6-5-7-15-13(14)8-11-21-15/h8,11,14H,1-7,9-10,12,18H2,(H,19,20). The van der Waals surface area contributed by atoms with Gasteiger partial charge in [-0.05, 0) is 49.1 Å². The maximum absolute atomic E-state index is 12.9. The van der Waals surface area contributed by atoms with Crippen molar-refractivity contribution in [2.45, 2.75) is 63.8 Å². The van der Waals surface area contributed by atoms with E-state index >= 15 is 0 Å². The lowest BCUT2D eigenvalue weighted by molar-refractivity contribution is -0.132. The molecule has 1 amide bonds. The number of carbonyl (C=O) groups is 1. The molecule has 2 aliphatic carbocycles. The molecule has 116 valence electrons. The number of rotatable bonds is 3. The maximum atomic E-state index is 12.9. The number of amides is 1. The van der Waals surface area contributed by atoms with E-state index in [-0.39, 0.29) is 17.4 Å². The Morgan fingerprint density at radius 2 is 2.05 bits per heavy atom. The van der Waals surface area contributed by atoms with Crippen molar-refractivity contribution in [3.05, 3.63) is 21.9 Å². The van der Waals surface area contributed by atoms with Gasteiger partial charge in [-0.3, -0.25) is 4.79 Å². The zero-order valence-electron chi connectivity index (χ0n) is 12.7. The van der Waals surface area contributed by atoms with Crippen LogP contribution in [0.2, 0.25) is 0 Å². The van der Waals surface area contributed by atoms with Crippen LogP contribution in [-0.2, 0) is 11.2 Å². The number of nitrogens with one attached hydrogen (secondary N) is 1. The summed E-state index contributed by atoms with van der Waals surface area (Å²) >= 11 is 1.82. The van der Waals surface area contributed by atoms with Crippen molar-refractivity contribution >= 4 is 17.2 Å². The molecule has 1 unspecified atom stereocenters. The molecular formula is C17H26N2OS. The van der Waals surface area contributed by atoms with Gasteiger partial charge in [0.25, 0.3) is 0 Å². The summed E-state index contributed by atoms with van der Waals surface area (Å²) in [5.41, 5.74) is 7.06. The Labute approximate surface area is 131 Å². The number of carbonyl (C=O) groups excluding carboxylic acids is 1. The molecule has 1 heterocycles. The Balaban J connectivity index is 1.74. The van der Waals surface area contributed by atoms with Crippen LogP contribution in [0.25, 0.3) is 0 Å². The average Bonchev–Trinajstić information content (AvgIpc) is 2.85. The van der Waals surface area contributed by atoms with Crippen LogP contribution in [0.15, 0.2) is 11.4 Å². The summed E-state index contributed by atoms with van der Waals surface area (Å²) in [6, 6.07) is 2.39. The van der Waals surface area contributed by atoms with Crippen LogP contribution in [0.4, 0.5) is 0 Å². The van der Waals surface area contributed by atoms with Gasteiger partial charge in [0.15, 0.2) is 0 Å². The first kappa shape index (κ1) is 15.0. The maximum Gasteiger partial charge on any atom is 0.227 e. The second-order valence-electron chi connectivity index (χ2n) is 6.62. The third kappa shape index (κ3) is 3.02. The topological polar surface area (TPSA) is 55.1 Å². The third-order valence-corrected chi connectivity index (χ3v) is 6.29. The van der Waals surface area contributed by atoms with Crippen molar-refractivity contribution in [3.8, 4) is 0 Å². The molecule has 4 heteroatoms. The second-order valence-corrected chi connectivity index (χ2v) is 7.62. The summed E-state index contributed by atoms with van der Waals surface area (Å²) in [5, 5.41) is 5.49. The second kappa shape index (κ2) is 6.49. The van der Waals surface area contributed by atoms with Crippen molar-refractivity contribution in [3.63, 3.8) is 0 Å². The summed E-state index contributed by atoms with van der Waals surface area (Å²) in [5.74, 6) is 0.205. The predicted octanol–water partition coefficient (Wildman–Crippen LogP) is 3.54. The van der Waals surface area contributed by atoms with E-state index in [1.807, 2.05) is 11.3 Å². The van der Waals surface area contributed by atoms with Crippen LogP contribution in [0, 0.1) is 5.41 Å². The minimum absolute atomic E-state index is 0.205. The molecule has 0 aliphatic heterocycles. The zero-order valence-corrected chi connectivity index (χ0v) is 13.5. The minimum atomic E-state index is -0.315. The summed E-state index contributed by atoms with van der Waals surface area (Å²) in [4.78, 5) is 14.4. The number of hydrogen-bond donors (Lipinski definition) is 2. The molecule has 1 saturated carbocycles. The first-order valence-electron chi connectivity index (χ1n) is 8.32. The Hall–Kier alpha value is -0.870. The van der Waals surface area contributed by atoms with Gasteiger partial charge in [0, 0.05) is 11.4 Å². The van der Waals surface area contributed by atoms with Gasteiger partial charge in [-0.2, -0.15) is 0 Å². The van der Waals surface area contributed by atoms with E-state index < -0.39 is 0 Å². The van der Waals surface area contributed by atoms with Gasteiger partial charge < -0.3 is 11.1 Å². The molecule has 3 rings (SSSR count).